The maximum Gasteiger partial charge on any atom is 0.239 e. The second-order valence-electron chi connectivity index (χ2n) is 11.6. The monoisotopic (exact) mass is 576 g/mol. The molecule has 9 nitrogen and oxygen atoms in total. The van der Waals surface area contributed by atoms with Gasteiger partial charge in [-0.05, 0) is 51.4 Å². The van der Waals surface area contributed by atoms with Crippen LogP contribution in [0.2, 0.25) is 0 Å². The summed E-state index contributed by atoms with van der Waals surface area (Å²) >= 11 is 14.6. The van der Waals surface area contributed by atoms with Crippen molar-refractivity contribution in [3.05, 3.63) is 0 Å². The first-order valence-corrected chi connectivity index (χ1v) is 15.6. The van der Waals surface area contributed by atoms with Gasteiger partial charge in [-0.2, -0.15) is 0 Å². The van der Waals surface area contributed by atoms with Gasteiger partial charge in [0, 0.05) is 62.0 Å². The van der Waals surface area contributed by atoms with Gasteiger partial charge < -0.3 is 25.6 Å². The van der Waals surface area contributed by atoms with E-state index in [1.165, 1.54) is 0 Å². The van der Waals surface area contributed by atoms with E-state index in [-0.39, 0.29) is 75.4 Å². The van der Waals surface area contributed by atoms with Crippen molar-refractivity contribution in [3.8, 4) is 0 Å². The minimum Gasteiger partial charge on any atom is -0.380 e. The molecular weight excluding hydrogens is 535 g/mol. The van der Waals surface area contributed by atoms with Crippen LogP contribution in [0.1, 0.15) is 39.5 Å². The number of piperidine rings is 3. The lowest BCUT2D eigenvalue weighted by Crippen LogP contribution is -2.57. The van der Waals surface area contributed by atoms with E-state index in [2.05, 4.69) is 40.4 Å². The molecule has 5 heterocycles. The molecule has 12 atom stereocenters. The summed E-state index contributed by atoms with van der Waals surface area (Å²) in [4.78, 5) is 28.7. The van der Waals surface area contributed by atoms with Gasteiger partial charge in [0.15, 0.2) is 0 Å². The highest BCUT2D eigenvalue weighted by molar-refractivity contribution is 8.00. The molecule has 0 aromatic rings. The quantitative estimate of drug-likeness (QED) is 0.242. The molecule has 37 heavy (non-hydrogen) atoms. The molecule has 0 radical (unpaired) electrons. The number of likely N-dealkylation sites (tertiary alicyclic amines) is 1. The highest BCUT2D eigenvalue weighted by Gasteiger charge is 2.47. The fourth-order valence-electron chi connectivity index (χ4n) is 7.05. The van der Waals surface area contributed by atoms with Gasteiger partial charge >= 0.3 is 0 Å². The van der Waals surface area contributed by atoms with E-state index in [0.29, 0.717) is 38.6 Å². The number of rotatable bonds is 5. The van der Waals surface area contributed by atoms with Gasteiger partial charge in [-0.3, -0.25) is 20.2 Å². The Morgan fingerprint density at radius 3 is 2.51 bits per heavy atom. The zero-order valence-corrected chi connectivity index (χ0v) is 24.2. The van der Waals surface area contributed by atoms with E-state index in [1.54, 1.807) is 18.9 Å². The number of thioether (sulfide) groups is 1. The fourth-order valence-corrected chi connectivity index (χ4v) is 9.20. The summed E-state index contributed by atoms with van der Waals surface area (Å²) in [7, 11) is 1.75. The van der Waals surface area contributed by atoms with Crippen LogP contribution in [0, 0.1) is 17.8 Å². The van der Waals surface area contributed by atoms with Crippen molar-refractivity contribution in [2.24, 2.45) is 17.8 Å². The summed E-state index contributed by atoms with van der Waals surface area (Å²) in [6.45, 7) is 6.99. The third-order valence-electron chi connectivity index (χ3n) is 8.93. The molecule has 5 N–H and O–H groups in total. The average molecular weight is 578 g/mol. The summed E-state index contributed by atoms with van der Waals surface area (Å²) in [6, 6.07) is 0.571. The maximum absolute atomic E-state index is 13.6. The van der Waals surface area contributed by atoms with Crippen LogP contribution in [0.5, 0.6) is 0 Å². The van der Waals surface area contributed by atoms with Crippen LogP contribution in [-0.2, 0) is 14.3 Å². The van der Waals surface area contributed by atoms with Crippen molar-refractivity contribution < 1.29 is 14.3 Å². The standard InChI is InChI=1S/C25H42Cl2N6O3S/c1-12-5-15(16-7-22(27)29-9-20(16)36-3)17(8-28-12)23(34)32-25-31-19-10-33(11-21(19)37-25)24(35)18-6-14(26)4-13(2)30-18/h12-22,25,28-31H,4-11H2,1-3H3,(H,32,34). The SMILES string of the molecule is COC1CNC(Cl)CC1C1CC(C)NCC1C(=O)NC1NC2CN(C(=O)C3CC(Cl)CC(C)N3)CC2S1. The number of amides is 2. The van der Waals surface area contributed by atoms with Gasteiger partial charge in [-0.15, -0.1) is 35.0 Å². The fraction of sp³-hybridized carbons (Fsp3) is 0.920. The van der Waals surface area contributed by atoms with Crippen molar-refractivity contribution >= 4 is 46.8 Å². The number of fused-ring (bicyclic) bond motifs is 1. The van der Waals surface area contributed by atoms with Crippen LogP contribution in [0.15, 0.2) is 0 Å². The van der Waals surface area contributed by atoms with E-state index < -0.39 is 0 Å². The lowest BCUT2D eigenvalue weighted by atomic mass is 9.70. The minimum absolute atomic E-state index is 0.0415. The lowest BCUT2D eigenvalue weighted by Gasteiger charge is -2.45. The Labute approximate surface area is 234 Å². The summed E-state index contributed by atoms with van der Waals surface area (Å²) < 4.78 is 5.80. The molecule has 5 aliphatic heterocycles. The molecule has 0 aromatic heterocycles. The molecule has 5 saturated heterocycles. The Bertz CT molecular complexity index is 820. The second-order valence-corrected chi connectivity index (χ2v) is 14.1. The molecule has 0 aromatic carbocycles. The molecule has 0 bridgehead atoms. The molecule has 0 spiro atoms. The summed E-state index contributed by atoms with van der Waals surface area (Å²) in [5.41, 5.74) is -0.239. The van der Waals surface area contributed by atoms with Crippen LogP contribution in [0.4, 0.5) is 0 Å². The molecule has 5 fully saturated rings. The number of halogens is 2. The molecule has 210 valence electrons. The summed E-state index contributed by atoms with van der Waals surface area (Å²) in [5, 5.41) is 17.4. The number of carbonyl (C=O) groups excluding carboxylic acids is 2. The molecule has 12 heteroatoms. The largest absolute Gasteiger partial charge is 0.380 e. The van der Waals surface area contributed by atoms with Crippen LogP contribution in [0.3, 0.4) is 0 Å². The molecule has 0 aliphatic carbocycles. The van der Waals surface area contributed by atoms with E-state index in [9.17, 15) is 9.59 Å². The predicted octanol–water partition coefficient (Wildman–Crippen LogP) is 0.854. The zero-order chi connectivity index (χ0) is 26.3. The number of carbonyl (C=O) groups is 2. The zero-order valence-electron chi connectivity index (χ0n) is 21.9. The highest BCUT2D eigenvalue weighted by atomic mass is 35.5. The van der Waals surface area contributed by atoms with Crippen molar-refractivity contribution in [3.63, 3.8) is 0 Å². The minimum atomic E-state index is -0.206. The first-order chi connectivity index (χ1) is 17.7. The Kier molecular flexibility index (Phi) is 9.18. The molecule has 0 saturated carbocycles. The lowest BCUT2D eigenvalue weighted by molar-refractivity contribution is -0.133. The number of alkyl halides is 2. The molecule has 5 aliphatic rings. The number of nitrogens with zero attached hydrogens (tertiary/aromatic N) is 1. The van der Waals surface area contributed by atoms with Crippen LogP contribution in [-0.4, -0.2) is 102 Å². The van der Waals surface area contributed by atoms with E-state index in [1.807, 2.05) is 4.90 Å². The van der Waals surface area contributed by atoms with Crippen LogP contribution >= 0.6 is 35.0 Å². The Morgan fingerprint density at radius 1 is 0.973 bits per heavy atom. The summed E-state index contributed by atoms with van der Waals surface area (Å²) in [5.74, 6) is 0.535. The Morgan fingerprint density at radius 2 is 1.78 bits per heavy atom. The van der Waals surface area contributed by atoms with Crippen molar-refractivity contribution in [1.29, 1.82) is 0 Å². The van der Waals surface area contributed by atoms with Gasteiger partial charge in [-0.1, -0.05) is 0 Å². The first kappa shape index (κ1) is 28.2. The number of hydrogen-bond donors (Lipinski definition) is 5. The summed E-state index contributed by atoms with van der Waals surface area (Å²) in [6.07, 6.45) is 3.35. The number of hydrogen-bond acceptors (Lipinski definition) is 8. The Balaban J connectivity index is 1.16. The third-order valence-corrected chi connectivity index (χ3v) is 11.0. The van der Waals surface area contributed by atoms with Gasteiger partial charge in [-0.25, -0.2) is 0 Å². The second kappa shape index (κ2) is 12.0. The van der Waals surface area contributed by atoms with Gasteiger partial charge in [0.05, 0.1) is 23.6 Å². The van der Waals surface area contributed by atoms with E-state index in [4.69, 9.17) is 27.9 Å². The predicted molar refractivity (Wildman–Crippen MR) is 148 cm³/mol. The van der Waals surface area contributed by atoms with Crippen molar-refractivity contribution in [1.82, 2.24) is 31.5 Å². The average Bonchev–Trinajstić information content (AvgIpc) is 3.41. The molecular formula is C25H42Cl2N6O3S. The topological polar surface area (TPSA) is 107 Å². The number of ether oxygens (including phenoxy) is 1. The highest BCUT2D eigenvalue weighted by Crippen LogP contribution is 2.38. The normalized spacial score (nSPS) is 46.5. The third kappa shape index (κ3) is 6.37. The van der Waals surface area contributed by atoms with Crippen molar-refractivity contribution in [2.45, 2.75) is 91.4 Å². The van der Waals surface area contributed by atoms with E-state index >= 15 is 0 Å². The van der Waals surface area contributed by atoms with Gasteiger partial charge in [0.25, 0.3) is 0 Å². The maximum atomic E-state index is 13.6. The smallest absolute Gasteiger partial charge is 0.239 e. The van der Waals surface area contributed by atoms with E-state index in [0.717, 1.165) is 19.3 Å². The molecule has 5 rings (SSSR count). The van der Waals surface area contributed by atoms with Gasteiger partial charge in [0.2, 0.25) is 11.8 Å². The number of methoxy groups -OCH3 is 1. The van der Waals surface area contributed by atoms with Crippen molar-refractivity contribution in [2.75, 3.05) is 33.3 Å². The number of nitrogens with one attached hydrogen (secondary N) is 5. The molecule has 2 amide bonds. The van der Waals surface area contributed by atoms with Crippen LogP contribution in [0.25, 0.3) is 0 Å². The van der Waals surface area contributed by atoms with Gasteiger partial charge in [0.1, 0.15) is 5.50 Å². The first-order valence-electron chi connectivity index (χ1n) is 13.8. The molecule has 12 unspecified atom stereocenters. The van der Waals surface area contributed by atoms with Crippen LogP contribution < -0.4 is 26.6 Å². The Hall–Kier alpha value is -0.330.